The number of ether oxygens (including phenoxy) is 1. The van der Waals surface area contributed by atoms with E-state index in [1.54, 1.807) is 11.1 Å². The van der Waals surface area contributed by atoms with E-state index in [0.29, 0.717) is 5.82 Å². The van der Waals surface area contributed by atoms with Gasteiger partial charge in [0, 0.05) is 12.2 Å². The fraction of sp³-hybridized carbons (Fsp3) is 0.250. The summed E-state index contributed by atoms with van der Waals surface area (Å²) in [5.74, 6) is 0.660. The summed E-state index contributed by atoms with van der Waals surface area (Å²) in [6.07, 6.45) is 3.39. The van der Waals surface area contributed by atoms with Gasteiger partial charge in [0.05, 0.1) is 0 Å². The molecule has 2 aromatic rings. The fourth-order valence-corrected chi connectivity index (χ4v) is 2.05. The van der Waals surface area contributed by atoms with E-state index in [0.717, 1.165) is 18.4 Å². The Morgan fingerprint density at radius 1 is 1.15 bits per heavy atom. The monoisotopic (exact) mass is 268 g/mol. The molecule has 1 aliphatic rings. The van der Waals surface area contributed by atoms with Crippen molar-refractivity contribution in [1.29, 1.82) is 0 Å². The van der Waals surface area contributed by atoms with Crippen LogP contribution in [-0.4, -0.2) is 17.1 Å². The molecule has 0 radical (unpaired) electrons. The van der Waals surface area contributed by atoms with Crippen LogP contribution in [0, 0.1) is 0 Å². The van der Waals surface area contributed by atoms with Crippen LogP contribution < -0.4 is 4.90 Å². The Hall–Kier alpha value is -2.36. The zero-order valence-corrected chi connectivity index (χ0v) is 11.1. The number of anilines is 1. The first kappa shape index (κ1) is 12.7. The van der Waals surface area contributed by atoms with Crippen LogP contribution in [-0.2, 0) is 11.3 Å². The highest BCUT2D eigenvalue weighted by Gasteiger charge is 2.35. The van der Waals surface area contributed by atoms with Gasteiger partial charge in [-0.3, -0.25) is 4.90 Å². The summed E-state index contributed by atoms with van der Waals surface area (Å²) < 4.78 is 5.39. The van der Waals surface area contributed by atoms with E-state index in [-0.39, 0.29) is 18.7 Å². The van der Waals surface area contributed by atoms with Gasteiger partial charge in [0.15, 0.2) is 0 Å². The smallest absolute Gasteiger partial charge is 0.416 e. The van der Waals surface area contributed by atoms with Crippen molar-refractivity contribution in [3.8, 4) is 0 Å². The van der Waals surface area contributed by atoms with Crippen LogP contribution in [0.3, 0.4) is 0 Å². The molecule has 20 heavy (non-hydrogen) atoms. The van der Waals surface area contributed by atoms with E-state index < -0.39 is 0 Å². The summed E-state index contributed by atoms with van der Waals surface area (Å²) in [7, 11) is 0. The highest BCUT2D eigenvalue weighted by atomic mass is 16.6. The third-order valence-corrected chi connectivity index (χ3v) is 3.21. The summed E-state index contributed by atoms with van der Waals surface area (Å²) in [6.45, 7) is 0.287. The number of rotatable bonds is 4. The molecule has 1 aliphatic carbocycles. The standard InChI is InChI=1S/C16H16N2O2/c19-16(20-12-13-6-2-1-3-7-13)18(14-9-10-14)15-8-4-5-11-17-15/h1-8,11,14H,9-10,12H2. The first-order valence-corrected chi connectivity index (χ1v) is 6.75. The Morgan fingerprint density at radius 3 is 2.55 bits per heavy atom. The van der Waals surface area contributed by atoms with Gasteiger partial charge in [-0.25, -0.2) is 9.78 Å². The topological polar surface area (TPSA) is 42.4 Å². The Bertz CT molecular complexity index is 568. The quantitative estimate of drug-likeness (QED) is 0.853. The molecule has 1 amide bonds. The minimum absolute atomic E-state index is 0.230. The fourth-order valence-electron chi connectivity index (χ4n) is 2.05. The van der Waals surface area contributed by atoms with Crippen molar-refractivity contribution in [3.63, 3.8) is 0 Å². The van der Waals surface area contributed by atoms with Gasteiger partial charge in [0.1, 0.15) is 12.4 Å². The molecule has 1 aromatic heterocycles. The van der Waals surface area contributed by atoms with Gasteiger partial charge in [-0.1, -0.05) is 36.4 Å². The molecule has 4 nitrogen and oxygen atoms in total. The van der Waals surface area contributed by atoms with E-state index in [1.165, 1.54) is 0 Å². The van der Waals surface area contributed by atoms with Gasteiger partial charge in [-0.05, 0) is 30.5 Å². The Morgan fingerprint density at radius 2 is 1.90 bits per heavy atom. The average Bonchev–Trinajstić information content (AvgIpc) is 3.32. The van der Waals surface area contributed by atoms with Crippen LogP contribution in [0.25, 0.3) is 0 Å². The van der Waals surface area contributed by atoms with E-state index in [2.05, 4.69) is 4.98 Å². The predicted octanol–water partition coefficient (Wildman–Crippen LogP) is 3.39. The molecule has 0 unspecified atom stereocenters. The van der Waals surface area contributed by atoms with Crippen LogP contribution in [0.1, 0.15) is 18.4 Å². The third kappa shape index (κ3) is 2.96. The van der Waals surface area contributed by atoms with Crippen LogP contribution >= 0.6 is 0 Å². The molecule has 1 heterocycles. The lowest BCUT2D eigenvalue weighted by Gasteiger charge is -2.20. The molecule has 0 aliphatic heterocycles. The van der Waals surface area contributed by atoms with Crippen LogP contribution in [0.5, 0.6) is 0 Å². The second kappa shape index (κ2) is 5.74. The summed E-state index contributed by atoms with van der Waals surface area (Å²) in [4.78, 5) is 18.2. The zero-order valence-electron chi connectivity index (χ0n) is 11.1. The largest absolute Gasteiger partial charge is 0.444 e. The number of nitrogens with zero attached hydrogens (tertiary/aromatic N) is 2. The van der Waals surface area contributed by atoms with E-state index in [1.807, 2.05) is 48.5 Å². The molecule has 1 aromatic carbocycles. The third-order valence-electron chi connectivity index (χ3n) is 3.21. The number of aromatic nitrogens is 1. The van der Waals surface area contributed by atoms with Crippen LogP contribution in [0.4, 0.5) is 10.6 Å². The maximum atomic E-state index is 12.3. The molecular formula is C16H16N2O2. The summed E-state index contributed by atoms with van der Waals surface area (Å²) in [5.41, 5.74) is 0.984. The zero-order chi connectivity index (χ0) is 13.8. The highest BCUT2D eigenvalue weighted by Crippen LogP contribution is 2.31. The van der Waals surface area contributed by atoms with Crippen molar-refractivity contribution in [1.82, 2.24) is 4.98 Å². The number of amides is 1. The van der Waals surface area contributed by atoms with Crippen molar-refractivity contribution in [2.45, 2.75) is 25.5 Å². The minimum Gasteiger partial charge on any atom is -0.444 e. The number of carbonyl (C=O) groups excluding carboxylic acids is 1. The van der Waals surface area contributed by atoms with Crippen molar-refractivity contribution in [3.05, 3.63) is 60.3 Å². The van der Waals surface area contributed by atoms with Gasteiger partial charge >= 0.3 is 6.09 Å². The molecule has 1 fully saturated rings. The molecule has 4 heteroatoms. The van der Waals surface area contributed by atoms with Crippen molar-refractivity contribution < 1.29 is 9.53 Å². The molecule has 0 saturated heterocycles. The Balaban J connectivity index is 1.68. The first-order chi connectivity index (χ1) is 9.84. The molecular weight excluding hydrogens is 252 g/mol. The van der Waals surface area contributed by atoms with E-state index in [4.69, 9.17) is 4.74 Å². The number of hydrogen-bond donors (Lipinski definition) is 0. The summed E-state index contributed by atoms with van der Waals surface area (Å²) >= 11 is 0. The molecule has 3 rings (SSSR count). The average molecular weight is 268 g/mol. The summed E-state index contributed by atoms with van der Waals surface area (Å²) in [5, 5.41) is 0. The lowest BCUT2D eigenvalue weighted by atomic mass is 10.2. The van der Waals surface area contributed by atoms with E-state index >= 15 is 0 Å². The molecule has 0 N–H and O–H groups in total. The lowest BCUT2D eigenvalue weighted by molar-refractivity contribution is 0.146. The number of benzene rings is 1. The maximum Gasteiger partial charge on any atom is 0.416 e. The Kier molecular flexibility index (Phi) is 3.63. The second-order valence-corrected chi connectivity index (χ2v) is 4.83. The normalized spacial score (nSPS) is 13.8. The molecule has 0 bridgehead atoms. The van der Waals surface area contributed by atoms with Gasteiger partial charge in [0.25, 0.3) is 0 Å². The Labute approximate surface area is 118 Å². The second-order valence-electron chi connectivity index (χ2n) is 4.83. The van der Waals surface area contributed by atoms with E-state index in [9.17, 15) is 4.79 Å². The van der Waals surface area contributed by atoms with Gasteiger partial charge < -0.3 is 4.74 Å². The van der Waals surface area contributed by atoms with Crippen LogP contribution in [0.15, 0.2) is 54.7 Å². The highest BCUT2D eigenvalue weighted by molar-refractivity contribution is 5.87. The first-order valence-electron chi connectivity index (χ1n) is 6.75. The number of hydrogen-bond acceptors (Lipinski definition) is 3. The number of carbonyl (C=O) groups is 1. The molecule has 1 saturated carbocycles. The summed E-state index contributed by atoms with van der Waals surface area (Å²) in [6, 6.07) is 15.5. The van der Waals surface area contributed by atoms with Crippen molar-refractivity contribution in [2.24, 2.45) is 0 Å². The van der Waals surface area contributed by atoms with Gasteiger partial charge in [-0.15, -0.1) is 0 Å². The van der Waals surface area contributed by atoms with Crippen molar-refractivity contribution in [2.75, 3.05) is 4.90 Å². The van der Waals surface area contributed by atoms with Gasteiger partial charge in [0.2, 0.25) is 0 Å². The molecule has 102 valence electrons. The molecule has 0 spiro atoms. The van der Waals surface area contributed by atoms with Crippen LogP contribution in [0.2, 0.25) is 0 Å². The minimum atomic E-state index is -0.324. The number of pyridine rings is 1. The van der Waals surface area contributed by atoms with Gasteiger partial charge in [-0.2, -0.15) is 0 Å². The SMILES string of the molecule is O=C(OCc1ccccc1)N(c1ccccn1)C1CC1. The predicted molar refractivity (Wildman–Crippen MR) is 76.4 cm³/mol. The maximum absolute atomic E-state index is 12.3. The lowest BCUT2D eigenvalue weighted by Crippen LogP contribution is -2.34. The van der Waals surface area contributed by atoms with Crippen molar-refractivity contribution >= 4 is 11.9 Å². The molecule has 0 atom stereocenters.